The molecule has 194 valence electrons. The van der Waals surface area contributed by atoms with Crippen molar-refractivity contribution in [1.29, 1.82) is 0 Å². The number of unbranched alkanes of at least 4 members (excludes halogenated alkanes) is 7. The second-order valence-corrected chi connectivity index (χ2v) is 10.9. The van der Waals surface area contributed by atoms with Crippen molar-refractivity contribution in [2.75, 3.05) is 6.61 Å². The summed E-state index contributed by atoms with van der Waals surface area (Å²) >= 11 is 0. The Kier molecular flexibility index (Phi) is 13.3. The first-order valence-corrected chi connectivity index (χ1v) is 15.0. The molecule has 0 radical (unpaired) electrons. The van der Waals surface area contributed by atoms with Crippen LogP contribution < -0.4 is 4.74 Å². The van der Waals surface area contributed by atoms with E-state index < -0.39 is 0 Å². The molecule has 1 saturated carbocycles. The summed E-state index contributed by atoms with van der Waals surface area (Å²) in [6.07, 6.45) is 25.2. The average Bonchev–Trinajstić information content (AvgIpc) is 2.90. The quantitative estimate of drug-likeness (QED) is 0.211. The molecule has 35 heavy (non-hydrogen) atoms. The highest BCUT2D eigenvalue weighted by molar-refractivity contribution is 5.60. The van der Waals surface area contributed by atoms with Crippen LogP contribution >= 0.6 is 0 Å². The summed E-state index contributed by atoms with van der Waals surface area (Å²) in [4.78, 5) is 4.74. The van der Waals surface area contributed by atoms with E-state index in [-0.39, 0.29) is 0 Å². The normalized spacial score (nSPS) is 18.0. The zero-order valence-corrected chi connectivity index (χ0v) is 22.8. The molecule has 0 aliphatic heterocycles. The SMILES string of the molecule is CCCCCCCCCCc1ccc(-c2ccc(OCCCC3CCCCC3CCC)cc2)nc1. The molecule has 2 aromatic rings. The van der Waals surface area contributed by atoms with Gasteiger partial charge in [-0.1, -0.05) is 103 Å². The molecule has 1 aliphatic carbocycles. The summed E-state index contributed by atoms with van der Waals surface area (Å²) in [5.74, 6) is 2.88. The molecule has 1 aromatic carbocycles. The number of hydrogen-bond acceptors (Lipinski definition) is 2. The molecule has 2 atom stereocenters. The number of hydrogen-bond donors (Lipinski definition) is 0. The summed E-state index contributed by atoms with van der Waals surface area (Å²) in [7, 11) is 0. The standard InChI is InChI=1S/C33H51NO/c1-3-5-6-7-8-9-10-11-16-28-20-25-33(34-27-28)31-21-23-32(24-22-31)35-26-14-19-30-18-13-12-17-29(30)15-4-2/h20-25,27,29-30H,3-19,26H2,1-2H3. The van der Waals surface area contributed by atoms with Gasteiger partial charge in [-0.25, -0.2) is 0 Å². The molecular weight excluding hydrogens is 426 g/mol. The van der Waals surface area contributed by atoms with Crippen LogP contribution in [0.4, 0.5) is 0 Å². The summed E-state index contributed by atoms with van der Waals surface area (Å²) < 4.78 is 6.07. The van der Waals surface area contributed by atoms with E-state index in [1.54, 1.807) is 0 Å². The molecule has 1 heterocycles. The van der Waals surface area contributed by atoms with Gasteiger partial charge in [0, 0.05) is 11.8 Å². The van der Waals surface area contributed by atoms with Gasteiger partial charge < -0.3 is 4.74 Å². The van der Waals surface area contributed by atoms with E-state index >= 15 is 0 Å². The highest BCUT2D eigenvalue weighted by Gasteiger charge is 2.23. The van der Waals surface area contributed by atoms with Crippen molar-refractivity contribution >= 4 is 0 Å². The van der Waals surface area contributed by atoms with Crippen LogP contribution in [0.2, 0.25) is 0 Å². The predicted molar refractivity (Wildman–Crippen MR) is 151 cm³/mol. The minimum absolute atomic E-state index is 0.834. The highest BCUT2D eigenvalue weighted by atomic mass is 16.5. The third-order valence-electron chi connectivity index (χ3n) is 8.01. The maximum absolute atomic E-state index is 6.07. The number of benzene rings is 1. The Morgan fingerprint density at radius 1 is 0.714 bits per heavy atom. The molecule has 1 aliphatic rings. The van der Waals surface area contributed by atoms with Crippen LogP contribution in [-0.2, 0) is 6.42 Å². The fourth-order valence-electron chi connectivity index (χ4n) is 5.88. The van der Waals surface area contributed by atoms with Gasteiger partial charge in [0.2, 0.25) is 0 Å². The first kappa shape index (κ1) is 27.8. The van der Waals surface area contributed by atoms with Crippen molar-refractivity contribution in [3.63, 3.8) is 0 Å². The first-order chi connectivity index (χ1) is 17.3. The monoisotopic (exact) mass is 477 g/mol. The van der Waals surface area contributed by atoms with Crippen LogP contribution in [0, 0.1) is 11.8 Å². The number of rotatable bonds is 17. The molecule has 0 bridgehead atoms. The molecule has 2 nitrogen and oxygen atoms in total. The number of pyridine rings is 1. The largest absolute Gasteiger partial charge is 0.494 e. The lowest BCUT2D eigenvalue weighted by atomic mass is 9.75. The molecule has 0 amide bonds. The van der Waals surface area contributed by atoms with Crippen molar-refractivity contribution in [2.24, 2.45) is 11.8 Å². The third kappa shape index (κ3) is 10.4. The van der Waals surface area contributed by atoms with Gasteiger partial charge in [0.25, 0.3) is 0 Å². The smallest absolute Gasteiger partial charge is 0.119 e. The third-order valence-corrected chi connectivity index (χ3v) is 8.01. The Bertz CT molecular complexity index is 780. The molecular formula is C33H51NO. The fourth-order valence-corrected chi connectivity index (χ4v) is 5.88. The van der Waals surface area contributed by atoms with Crippen LogP contribution in [0.25, 0.3) is 11.3 Å². The van der Waals surface area contributed by atoms with Gasteiger partial charge in [-0.3, -0.25) is 4.98 Å². The zero-order valence-electron chi connectivity index (χ0n) is 22.8. The average molecular weight is 478 g/mol. The molecule has 0 N–H and O–H groups in total. The Morgan fingerprint density at radius 3 is 2.06 bits per heavy atom. The summed E-state index contributed by atoms with van der Waals surface area (Å²) in [5.41, 5.74) is 3.58. The van der Waals surface area contributed by atoms with Gasteiger partial charge in [0.1, 0.15) is 5.75 Å². The van der Waals surface area contributed by atoms with Gasteiger partial charge in [0.15, 0.2) is 0 Å². The van der Waals surface area contributed by atoms with Gasteiger partial charge in [-0.05, 0) is 73.4 Å². The van der Waals surface area contributed by atoms with E-state index in [1.165, 1.54) is 114 Å². The minimum atomic E-state index is 0.834. The van der Waals surface area contributed by atoms with E-state index in [9.17, 15) is 0 Å². The lowest BCUT2D eigenvalue weighted by Crippen LogP contribution is -2.20. The molecule has 1 fully saturated rings. The van der Waals surface area contributed by atoms with Crippen LogP contribution in [-0.4, -0.2) is 11.6 Å². The van der Waals surface area contributed by atoms with Crippen LogP contribution in [0.3, 0.4) is 0 Å². The Morgan fingerprint density at radius 2 is 1.40 bits per heavy atom. The molecule has 0 spiro atoms. The van der Waals surface area contributed by atoms with Crippen LogP contribution in [0.1, 0.15) is 122 Å². The lowest BCUT2D eigenvalue weighted by Gasteiger charge is -2.31. The van der Waals surface area contributed by atoms with E-state index in [1.807, 2.05) is 0 Å². The Labute approximate surface area is 216 Å². The van der Waals surface area contributed by atoms with Crippen molar-refractivity contribution in [3.05, 3.63) is 48.2 Å². The molecule has 0 saturated heterocycles. The Hall–Kier alpha value is -1.83. The van der Waals surface area contributed by atoms with Crippen molar-refractivity contribution < 1.29 is 4.74 Å². The van der Waals surface area contributed by atoms with E-state index in [2.05, 4.69) is 56.4 Å². The van der Waals surface area contributed by atoms with E-state index in [0.29, 0.717) is 0 Å². The van der Waals surface area contributed by atoms with E-state index in [4.69, 9.17) is 9.72 Å². The van der Waals surface area contributed by atoms with Crippen LogP contribution in [0.15, 0.2) is 42.6 Å². The molecule has 2 unspecified atom stereocenters. The first-order valence-electron chi connectivity index (χ1n) is 15.0. The van der Waals surface area contributed by atoms with Crippen LogP contribution in [0.5, 0.6) is 5.75 Å². The highest BCUT2D eigenvalue weighted by Crippen LogP contribution is 2.36. The molecule has 3 rings (SSSR count). The zero-order chi connectivity index (χ0) is 24.6. The maximum atomic E-state index is 6.07. The Balaban J connectivity index is 1.33. The summed E-state index contributed by atoms with van der Waals surface area (Å²) in [6, 6.07) is 12.9. The topological polar surface area (TPSA) is 22.1 Å². The summed E-state index contributed by atoms with van der Waals surface area (Å²) in [6.45, 7) is 5.45. The number of ether oxygens (including phenoxy) is 1. The second kappa shape index (κ2) is 16.8. The fraction of sp³-hybridized carbons (Fsp3) is 0.667. The second-order valence-electron chi connectivity index (χ2n) is 10.9. The lowest BCUT2D eigenvalue weighted by molar-refractivity contribution is 0.193. The van der Waals surface area contributed by atoms with Crippen molar-refractivity contribution in [3.8, 4) is 17.0 Å². The van der Waals surface area contributed by atoms with Crippen molar-refractivity contribution in [2.45, 2.75) is 123 Å². The van der Waals surface area contributed by atoms with Gasteiger partial charge >= 0.3 is 0 Å². The van der Waals surface area contributed by atoms with Gasteiger partial charge in [0.05, 0.1) is 12.3 Å². The number of nitrogens with zero attached hydrogens (tertiary/aromatic N) is 1. The predicted octanol–water partition coefficient (Wildman–Crippen LogP) is 10.2. The minimum Gasteiger partial charge on any atom is -0.494 e. The number of aromatic nitrogens is 1. The van der Waals surface area contributed by atoms with Crippen molar-refractivity contribution in [1.82, 2.24) is 4.98 Å². The van der Waals surface area contributed by atoms with Gasteiger partial charge in [-0.2, -0.15) is 0 Å². The number of aryl methyl sites for hydroxylation is 1. The molecule has 2 heteroatoms. The molecule has 1 aromatic heterocycles. The van der Waals surface area contributed by atoms with E-state index in [0.717, 1.165) is 36.3 Å². The summed E-state index contributed by atoms with van der Waals surface area (Å²) in [5, 5.41) is 0. The maximum Gasteiger partial charge on any atom is 0.119 e. The van der Waals surface area contributed by atoms with Gasteiger partial charge in [-0.15, -0.1) is 0 Å².